The fraction of sp³-hybridized carbons (Fsp3) is 0.300. The van der Waals surface area contributed by atoms with Crippen molar-refractivity contribution in [2.24, 2.45) is 0 Å². The SMILES string of the molecule is CCOc1ccc([C@H]2C[C@@H](c3ccccc3OC)n3ncnc3N2)cc1. The van der Waals surface area contributed by atoms with Crippen LogP contribution in [0.5, 0.6) is 11.5 Å². The minimum Gasteiger partial charge on any atom is -0.496 e. The van der Waals surface area contributed by atoms with Crippen molar-refractivity contribution in [1.82, 2.24) is 14.8 Å². The molecular formula is C20H22N4O2. The molecule has 1 aliphatic heterocycles. The Bertz CT molecular complexity index is 876. The van der Waals surface area contributed by atoms with Gasteiger partial charge >= 0.3 is 0 Å². The first-order valence-corrected chi connectivity index (χ1v) is 8.82. The summed E-state index contributed by atoms with van der Waals surface area (Å²) in [5.41, 5.74) is 2.31. The maximum Gasteiger partial charge on any atom is 0.222 e. The van der Waals surface area contributed by atoms with Crippen molar-refractivity contribution in [2.75, 3.05) is 19.0 Å². The quantitative estimate of drug-likeness (QED) is 0.758. The average Bonchev–Trinajstić information content (AvgIpc) is 3.17. The van der Waals surface area contributed by atoms with E-state index in [1.54, 1.807) is 13.4 Å². The third kappa shape index (κ3) is 2.98. The summed E-state index contributed by atoms with van der Waals surface area (Å²) in [4.78, 5) is 4.39. The fourth-order valence-electron chi connectivity index (χ4n) is 3.50. The maximum absolute atomic E-state index is 5.58. The van der Waals surface area contributed by atoms with Gasteiger partial charge in [-0.2, -0.15) is 10.1 Å². The summed E-state index contributed by atoms with van der Waals surface area (Å²) < 4.78 is 13.1. The van der Waals surface area contributed by atoms with Gasteiger partial charge in [0.1, 0.15) is 17.8 Å². The van der Waals surface area contributed by atoms with Gasteiger partial charge in [0.2, 0.25) is 5.95 Å². The molecule has 134 valence electrons. The molecule has 0 radical (unpaired) electrons. The summed E-state index contributed by atoms with van der Waals surface area (Å²) in [7, 11) is 1.70. The van der Waals surface area contributed by atoms with E-state index in [0.29, 0.717) is 6.61 Å². The Morgan fingerprint density at radius 3 is 2.73 bits per heavy atom. The Morgan fingerprint density at radius 1 is 1.15 bits per heavy atom. The first kappa shape index (κ1) is 16.4. The lowest BCUT2D eigenvalue weighted by molar-refractivity contribution is 0.340. The Morgan fingerprint density at radius 2 is 1.96 bits per heavy atom. The number of rotatable bonds is 5. The van der Waals surface area contributed by atoms with Gasteiger partial charge in [-0.1, -0.05) is 30.3 Å². The summed E-state index contributed by atoms with van der Waals surface area (Å²) >= 11 is 0. The van der Waals surface area contributed by atoms with Crippen LogP contribution in [0.4, 0.5) is 5.95 Å². The van der Waals surface area contributed by atoms with E-state index < -0.39 is 0 Å². The monoisotopic (exact) mass is 350 g/mol. The molecule has 0 fully saturated rings. The average molecular weight is 350 g/mol. The maximum atomic E-state index is 5.58. The molecule has 2 atom stereocenters. The van der Waals surface area contributed by atoms with E-state index in [4.69, 9.17) is 9.47 Å². The van der Waals surface area contributed by atoms with Gasteiger partial charge in [-0.05, 0) is 37.1 Å². The Hall–Kier alpha value is -3.02. The molecule has 6 heteroatoms. The van der Waals surface area contributed by atoms with Crippen molar-refractivity contribution in [3.8, 4) is 11.5 Å². The number of fused-ring (bicyclic) bond motifs is 1. The zero-order chi connectivity index (χ0) is 17.9. The van der Waals surface area contributed by atoms with Crippen molar-refractivity contribution in [2.45, 2.75) is 25.4 Å². The number of hydrogen-bond donors (Lipinski definition) is 1. The van der Waals surface area contributed by atoms with E-state index in [1.165, 1.54) is 5.56 Å². The summed E-state index contributed by atoms with van der Waals surface area (Å²) in [5, 5.41) is 7.91. The molecule has 3 aromatic rings. The third-order valence-electron chi connectivity index (χ3n) is 4.72. The first-order chi connectivity index (χ1) is 12.8. The van der Waals surface area contributed by atoms with Crippen LogP contribution < -0.4 is 14.8 Å². The summed E-state index contributed by atoms with van der Waals surface area (Å²) in [6.07, 6.45) is 2.44. The van der Waals surface area contributed by atoms with Crippen molar-refractivity contribution in [3.63, 3.8) is 0 Å². The van der Waals surface area contributed by atoms with Gasteiger partial charge in [-0.3, -0.25) is 0 Å². The normalized spacial score (nSPS) is 18.7. The molecule has 1 aromatic heterocycles. The van der Waals surface area contributed by atoms with Crippen LogP contribution >= 0.6 is 0 Å². The Kier molecular flexibility index (Phi) is 4.48. The summed E-state index contributed by atoms with van der Waals surface area (Å²) in [5.74, 6) is 2.52. The van der Waals surface area contributed by atoms with E-state index in [-0.39, 0.29) is 12.1 Å². The molecule has 4 rings (SSSR count). The number of ether oxygens (including phenoxy) is 2. The lowest BCUT2D eigenvalue weighted by atomic mass is 9.93. The molecule has 0 unspecified atom stereocenters. The molecule has 1 N–H and O–H groups in total. The number of benzene rings is 2. The van der Waals surface area contributed by atoms with Crippen molar-refractivity contribution in [1.29, 1.82) is 0 Å². The molecule has 0 bridgehead atoms. The second-order valence-electron chi connectivity index (χ2n) is 6.22. The minimum absolute atomic E-state index is 0.0569. The van der Waals surface area contributed by atoms with Gasteiger partial charge in [0, 0.05) is 5.56 Å². The smallest absolute Gasteiger partial charge is 0.222 e. The highest BCUT2D eigenvalue weighted by Gasteiger charge is 2.31. The second-order valence-corrected chi connectivity index (χ2v) is 6.22. The Balaban J connectivity index is 1.68. The highest BCUT2D eigenvalue weighted by Crippen LogP contribution is 2.40. The zero-order valence-corrected chi connectivity index (χ0v) is 14.9. The lowest BCUT2D eigenvalue weighted by Gasteiger charge is -2.32. The summed E-state index contributed by atoms with van der Waals surface area (Å²) in [6, 6.07) is 16.5. The minimum atomic E-state index is 0.0569. The van der Waals surface area contributed by atoms with E-state index >= 15 is 0 Å². The van der Waals surface area contributed by atoms with Gasteiger partial charge < -0.3 is 14.8 Å². The molecule has 2 aromatic carbocycles. The number of nitrogens with zero attached hydrogens (tertiary/aromatic N) is 3. The highest BCUT2D eigenvalue weighted by atomic mass is 16.5. The van der Waals surface area contributed by atoms with Gasteiger partial charge in [-0.25, -0.2) is 4.68 Å². The third-order valence-corrected chi connectivity index (χ3v) is 4.72. The molecule has 2 heterocycles. The Labute approximate surface area is 152 Å². The van der Waals surface area contributed by atoms with Crippen LogP contribution in [0.15, 0.2) is 54.9 Å². The van der Waals surface area contributed by atoms with Gasteiger partial charge in [0.25, 0.3) is 0 Å². The number of methoxy groups -OCH3 is 1. The van der Waals surface area contributed by atoms with E-state index in [1.807, 2.05) is 41.9 Å². The molecule has 26 heavy (non-hydrogen) atoms. The van der Waals surface area contributed by atoms with Crippen molar-refractivity contribution >= 4 is 5.95 Å². The number of aromatic nitrogens is 3. The molecular weight excluding hydrogens is 328 g/mol. The first-order valence-electron chi connectivity index (χ1n) is 8.82. The van der Waals surface area contributed by atoms with Crippen molar-refractivity contribution in [3.05, 3.63) is 66.0 Å². The number of hydrogen-bond acceptors (Lipinski definition) is 5. The van der Waals surface area contributed by atoms with Crippen molar-refractivity contribution < 1.29 is 9.47 Å². The molecule has 0 aliphatic carbocycles. The zero-order valence-electron chi connectivity index (χ0n) is 14.9. The van der Waals surface area contributed by atoms with E-state index in [0.717, 1.165) is 29.4 Å². The number of nitrogens with one attached hydrogen (secondary N) is 1. The van der Waals surface area contributed by atoms with E-state index in [2.05, 4.69) is 33.6 Å². The molecule has 0 amide bonds. The molecule has 1 aliphatic rings. The van der Waals surface area contributed by atoms with Crippen LogP contribution in [-0.4, -0.2) is 28.5 Å². The van der Waals surface area contributed by atoms with Gasteiger partial charge in [0.15, 0.2) is 0 Å². The fourth-order valence-corrected chi connectivity index (χ4v) is 3.50. The summed E-state index contributed by atoms with van der Waals surface area (Å²) in [6.45, 7) is 2.65. The predicted molar refractivity (Wildman–Crippen MR) is 99.7 cm³/mol. The topological polar surface area (TPSA) is 61.2 Å². The van der Waals surface area contributed by atoms with Gasteiger partial charge in [0.05, 0.1) is 25.8 Å². The van der Waals surface area contributed by atoms with Crippen LogP contribution in [0.2, 0.25) is 0 Å². The van der Waals surface area contributed by atoms with Crippen LogP contribution in [0, 0.1) is 0 Å². The van der Waals surface area contributed by atoms with Crippen LogP contribution in [-0.2, 0) is 0 Å². The molecule has 0 saturated heterocycles. The molecule has 0 spiro atoms. The highest BCUT2D eigenvalue weighted by molar-refractivity contribution is 5.43. The van der Waals surface area contributed by atoms with Gasteiger partial charge in [-0.15, -0.1) is 0 Å². The standard InChI is InChI=1S/C20H22N4O2/c1-3-26-15-10-8-14(9-11-15)17-12-18(24-20(23-17)21-13-22-24)16-6-4-5-7-19(16)25-2/h4-11,13,17-18H,3,12H2,1-2H3,(H,21,22,23)/t17-,18+/m1/s1. The second kappa shape index (κ2) is 7.07. The van der Waals surface area contributed by atoms with Crippen LogP contribution in [0.1, 0.15) is 36.6 Å². The number of anilines is 1. The largest absolute Gasteiger partial charge is 0.496 e. The molecule has 0 saturated carbocycles. The van der Waals surface area contributed by atoms with Crippen LogP contribution in [0.3, 0.4) is 0 Å². The predicted octanol–water partition coefficient (Wildman–Crippen LogP) is 3.83. The number of para-hydroxylation sites is 1. The molecule has 6 nitrogen and oxygen atoms in total. The van der Waals surface area contributed by atoms with E-state index in [9.17, 15) is 0 Å². The van der Waals surface area contributed by atoms with Crippen LogP contribution in [0.25, 0.3) is 0 Å². The lowest BCUT2D eigenvalue weighted by Crippen LogP contribution is -2.28.